The van der Waals surface area contributed by atoms with Crippen LogP contribution in [0.4, 0.5) is 0 Å². The van der Waals surface area contributed by atoms with Gasteiger partial charge in [0.25, 0.3) is 0 Å². The van der Waals surface area contributed by atoms with Gasteiger partial charge in [-0.25, -0.2) is 4.57 Å². The van der Waals surface area contributed by atoms with E-state index in [4.69, 9.17) is 1.37 Å². The van der Waals surface area contributed by atoms with Crippen molar-refractivity contribution in [3.63, 3.8) is 0 Å². The van der Waals surface area contributed by atoms with Crippen LogP contribution in [-0.4, -0.2) is 0 Å². The summed E-state index contributed by atoms with van der Waals surface area (Å²) in [5.74, 6) is -0.571. The molecule has 1 aromatic carbocycles. The molecule has 0 saturated heterocycles. The first-order valence-corrected chi connectivity index (χ1v) is 7.62. The summed E-state index contributed by atoms with van der Waals surface area (Å²) in [6.07, 6.45) is 2.07. The van der Waals surface area contributed by atoms with Crippen molar-refractivity contribution in [2.45, 2.75) is 52.9 Å². The maximum atomic E-state index is 8.19. The fraction of sp³-hybridized carbons (Fsp3) is 0.450. The summed E-state index contributed by atoms with van der Waals surface area (Å²) in [7, 11) is 2.06. The lowest BCUT2D eigenvalue weighted by molar-refractivity contribution is -0.660. The van der Waals surface area contributed by atoms with E-state index in [9.17, 15) is 0 Å². The van der Waals surface area contributed by atoms with E-state index < -0.39 is 5.89 Å². The Balaban J connectivity index is 2.57. The Hall–Kier alpha value is -1.63. The van der Waals surface area contributed by atoms with Crippen LogP contribution in [0.15, 0.2) is 36.5 Å². The molecule has 0 saturated carbocycles. The minimum atomic E-state index is -0.571. The molecule has 2 aromatic rings. The van der Waals surface area contributed by atoms with Crippen LogP contribution in [-0.2, 0) is 12.5 Å². The smallest absolute Gasteiger partial charge is 0.201 e. The number of benzene rings is 1. The van der Waals surface area contributed by atoms with Gasteiger partial charge in [0.05, 0.1) is 0 Å². The molecular weight excluding hydrogens is 254 g/mol. The molecule has 1 heterocycles. The van der Waals surface area contributed by atoms with Crippen molar-refractivity contribution in [2.75, 3.05) is 0 Å². The van der Waals surface area contributed by atoms with E-state index in [1.54, 1.807) is 0 Å². The number of aryl methyl sites for hydroxylation is 2. The second kappa shape index (κ2) is 5.63. The molecule has 1 aromatic heterocycles. The number of aromatic nitrogens is 1. The van der Waals surface area contributed by atoms with E-state index in [-0.39, 0.29) is 5.41 Å². The predicted octanol–water partition coefficient (Wildman–Crippen LogP) is 4.91. The van der Waals surface area contributed by atoms with Crippen molar-refractivity contribution in [3.05, 3.63) is 53.2 Å². The summed E-state index contributed by atoms with van der Waals surface area (Å²) < 4.78 is 10.3. The Morgan fingerprint density at radius 3 is 2.29 bits per heavy atom. The molecule has 0 unspecified atom stereocenters. The lowest BCUT2D eigenvalue weighted by atomic mass is 9.85. The minimum Gasteiger partial charge on any atom is -0.201 e. The molecule has 0 amide bonds. The molecule has 0 aliphatic rings. The van der Waals surface area contributed by atoms with Crippen LogP contribution in [0.3, 0.4) is 0 Å². The van der Waals surface area contributed by atoms with Crippen LogP contribution in [0.25, 0.3) is 11.3 Å². The minimum absolute atomic E-state index is 0.143. The first kappa shape index (κ1) is 14.3. The lowest BCUT2D eigenvalue weighted by Gasteiger charge is -2.20. The largest absolute Gasteiger partial charge is 0.212 e. The van der Waals surface area contributed by atoms with Crippen molar-refractivity contribution in [3.8, 4) is 11.3 Å². The van der Waals surface area contributed by atoms with Crippen LogP contribution in [0.1, 0.15) is 58.6 Å². The zero-order valence-electron chi connectivity index (χ0n) is 15.4. The molecule has 0 atom stereocenters. The molecule has 21 heavy (non-hydrogen) atoms. The van der Waals surface area contributed by atoms with Crippen molar-refractivity contribution >= 4 is 0 Å². The van der Waals surface area contributed by atoms with Crippen molar-refractivity contribution in [1.82, 2.24) is 0 Å². The molecule has 2 rings (SSSR count). The molecule has 0 spiro atoms. The van der Waals surface area contributed by atoms with Gasteiger partial charge in [0, 0.05) is 18.6 Å². The van der Waals surface area contributed by atoms with Gasteiger partial charge in [0.15, 0.2) is 6.20 Å². The highest BCUT2D eigenvalue weighted by atomic mass is 14.9. The third-order valence-electron chi connectivity index (χ3n) is 4.09. The zero-order valence-corrected chi connectivity index (χ0v) is 14.4. The molecule has 1 heteroatoms. The summed E-state index contributed by atoms with van der Waals surface area (Å²) in [6.45, 7) is 12.7. The highest BCUT2D eigenvalue weighted by molar-refractivity contribution is 5.62. The fourth-order valence-corrected chi connectivity index (χ4v) is 2.55. The standard InChI is InChI=1S/C20H28N/c1-14(2)16-9-11-19(21(7)13-16)18-12-17(20(4,5)6)10-8-15(18)3/h8-14H,1-7H3/q+1/i14D. The Kier molecular flexibility index (Phi) is 3.84. The topological polar surface area (TPSA) is 3.88 Å². The summed E-state index contributed by atoms with van der Waals surface area (Å²) >= 11 is 0. The van der Waals surface area contributed by atoms with Crippen LogP contribution >= 0.6 is 0 Å². The molecule has 0 fully saturated rings. The summed E-state index contributed by atoms with van der Waals surface area (Å²) in [6, 6.07) is 10.9. The fourth-order valence-electron chi connectivity index (χ4n) is 2.55. The van der Waals surface area contributed by atoms with Gasteiger partial charge in [-0.1, -0.05) is 46.8 Å². The van der Waals surface area contributed by atoms with E-state index in [1.807, 2.05) is 13.8 Å². The lowest BCUT2D eigenvalue weighted by Crippen LogP contribution is -2.31. The summed E-state index contributed by atoms with van der Waals surface area (Å²) in [5, 5.41) is 0. The van der Waals surface area contributed by atoms with Crippen LogP contribution in [0.2, 0.25) is 0 Å². The van der Waals surface area contributed by atoms with E-state index in [1.165, 1.54) is 22.4 Å². The van der Waals surface area contributed by atoms with Gasteiger partial charge >= 0.3 is 0 Å². The molecule has 0 radical (unpaired) electrons. The van der Waals surface area contributed by atoms with Crippen molar-refractivity contribution < 1.29 is 5.94 Å². The predicted molar refractivity (Wildman–Crippen MR) is 90.6 cm³/mol. The highest BCUT2D eigenvalue weighted by Crippen LogP contribution is 2.29. The third-order valence-corrected chi connectivity index (χ3v) is 4.09. The molecule has 0 bridgehead atoms. The van der Waals surface area contributed by atoms with E-state index in [0.717, 1.165) is 5.56 Å². The number of nitrogens with zero attached hydrogens (tertiary/aromatic N) is 1. The molecular formula is C20H28N+. The van der Waals surface area contributed by atoms with Crippen molar-refractivity contribution in [1.29, 1.82) is 0 Å². The molecule has 0 N–H and O–H groups in total. The summed E-state index contributed by atoms with van der Waals surface area (Å²) in [4.78, 5) is 0. The van der Waals surface area contributed by atoms with E-state index in [2.05, 4.69) is 75.8 Å². The van der Waals surface area contributed by atoms with E-state index in [0.29, 0.717) is 0 Å². The van der Waals surface area contributed by atoms with E-state index >= 15 is 0 Å². The molecule has 0 aliphatic carbocycles. The van der Waals surface area contributed by atoms with Gasteiger partial charge in [-0.05, 0) is 41.5 Å². The average Bonchev–Trinajstić information content (AvgIpc) is 2.37. The Labute approximate surface area is 131 Å². The molecule has 1 nitrogen and oxygen atoms in total. The van der Waals surface area contributed by atoms with Gasteiger partial charge in [-0.15, -0.1) is 0 Å². The quantitative estimate of drug-likeness (QED) is 0.690. The van der Waals surface area contributed by atoms with Crippen LogP contribution in [0.5, 0.6) is 0 Å². The number of hydrogen-bond acceptors (Lipinski definition) is 0. The maximum Gasteiger partial charge on any atom is 0.212 e. The van der Waals surface area contributed by atoms with Gasteiger partial charge in [-0.3, -0.25) is 0 Å². The van der Waals surface area contributed by atoms with Gasteiger partial charge in [-0.2, -0.15) is 0 Å². The normalized spacial score (nSPS) is 13.2. The number of pyridine rings is 1. The first-order valence-electron chi connectivity index (χ1n) is 8.12. The molecule has 0 aliphatic heterocycles. The van der Waals surface area contributed by atoms with Crippen molar-refractivity contribution in [2.24, 2.45) is 7.05 Å². The SMILES string of the molecule is [2H]C(C)(C)c1ccc(-c2cc(C(C)(C)C)ccc2C)[n+](C)c1. The highest BCUT2D eigenvalue weighted by Gasteiger charge is 2.19. The third kappa shape index (κ3) is 3.34. The van der Waals surface area contributed by atoms with Crippen LogP contribution < -0.4 is 4.57 Å². The van der Waals surface area contributed by atoms with Gasteiger partial charge < -0.3 is 0 Å². The Morgan fingerprint density at radius 1 is 1.10 bits per heavy atom. The maximum absolute atomic E-state index is 8.19. The monoisotopic (exact) mass is 283 g/mol. The second-order valence-electron chi connectivity index (χ2n) is 7.19. The number of hydrogen-bond donors (Lipinski definition) is 0. The Morgan fingerprint density at radius 2 is 1.76 bits per heavy atom. The Bertz CT molecular complexity index is 688. The second-order valence-corrected chi connectivity index (χ2v) is 7.19. The first-order chi connectivity index (χ1) is 10.00. The number of rotatable bonds is 2. The average molecular weight is 283 g/mol. The van der Waals surface area contributed by atoms with Gasteiger partial charge in [0.1, 0.15) is 7.05 Å². The van der Waals surface area contributed by atoms with Gasteiger partial charge in [0.2, 0.25) is 5.69 Å². The zero-order chi connectivity index (χ0) is 16.7. The summed E-state index contributed by atoms with van der Waals surface area (Å²) in [5.41, 5.74) is 6.26. The molecule has 112 valence electrons. The van der Waals surface area contributed by atoms with Crippen LogP contribution in [0, 0.1) is 6.92 Å².